The van der Waals surface area contributed by atoms with Gasteiger partial charge in [-0.1, -0.05) is 6.07 Å². The maximum atomic E-state index is 12.7. The van der Waals surface area contributed by atoms with Gasteiger partial charge < -0.3 is 4.90 Å². The molecule has 2 aromatic rings. The quantitative estimate of drug-likeness (QED) is 0.907. The zero-order valence-corrected chi connectivity index (χ0v) is 15.9. The van der Waals surface area contributed by atoms with Crippen molar-refractivity contribution >= 4 is 21.7 Å². The van der Waals surface area contributed by atoms with Crippen molar-refractivity contribution in [2.75, 3.05) is 22.7 Å². The first kappa shape index (κ1) is 17.7. The minimum absolute atomic E-state index is 0.248. The molecule has 0 spiro atoms. The molecule has 3 rings (SSSR count). The largest absolute Gasteiger partial charge is 0.341 e. The van der Waals surface area contributed by atoms with Crippen LogP contribution >= 0.6 is 0 Å². The lowest BCUT2D eigenvalue weighted by molar-refractivity contribution is 0.601. The lowest BCUT2D eigenvalue weighted by Crippen LogP contribution is -2.22. The fourth-order valence-corrected chi connectivity index (χ4v) is 4.24. The first-order valence-corrected chi connectivity index (χ1v) is 9.96. The molecule has 1 aromatic carbocycles. The molecule has 1 aliphatic heterocycles. The first-order chi connectivity index (χ1) is 11.8. The van der Waals surface area contributed by atoms with Gasteiger partial charge >= 0.3 is 0 Å². The van der Waals surface area contributed by atoms with Gasteiger partial charge in [0.15, 0.2) is 0 Å². The number of hydrogen-bond acceptors (Lipinski definition) is 5. The minimum Gasteiger partial charge on any atom is -0.341 e. The van der Waals surface area contributed by atoms with Crippen LogP contribution < -0.4 is 9.62 Å². The van der Waals surface area contributed by atoms with E-state index in [-0.39, 0.29) is 4.90 Å². The molecule has 0 radical (unpaired) electrons. The van der Waals surface area contributed by atoms with Gasteiger partial charge in [0.1, 0.15) is 0 Å². The zero-order valence-electron chi connectivity index (χ0n) is 15.1. The highest BCUT2D eigenvalue weighted by Gasteiger charge is 2.21. The van der Waals surface area contributed by atoms with Crippen molar-refractivity contribution in [1.82, 2.24) is 9.97 Å². The van der Waals surface area contributed by atoms with E-state index >= 15 is 0 Å². The van der Waals surface area contributed by atoms with Crippen molar-refractivity contribution in [3.05, 3.63) is 40.7 Å². The van der Waals surface area contributed by atoms with Crippen LogP contribution in [0.2, 0.25) is 0 Å². The molecule has 0 aliphatic carbocycles. The van der Waals surface area contributed by atoms with Crippen molar-refractivity contribution in [2.24, 2.45) is 0 Å². The number of sulfonamides is 1. The third-order valence-electron chi connectivity index (χ3n) is 4.67. The van der Waals surface area contributed by atoms with Crippen molar-refractivity contribution in [2.45, 2.75) is 45.4 Å². The molecular formula is C18H24N4O2S. The molecule has 25 heavy (non-hydrogen) atoms. The highest BCUT2D eigenvalue weighted by atomic mass is 32.2. The van der Waals surface area contributed by atoms with Gasteiger partial charge in [-0.3, -0.25) is 4.72 Å². The van der Waals surface area contributed by atoms with E-state index in [1.807, 2.05) is 33.8 Å². The Balaban J connectivity index is 1.92. The molecule has 2 heterocycles. The molecule has 0 unspecified atom stereocenters. The Hall–Kier alpha value is -2.15. The normalized spacial score (nSPS) is 14.8. The number of aryl methyl sites for hydroxylation is 4. The van der Waals surface area contributed by atoms with E-state index in [9.17, 15) is 8.42 Å². The SMILES string of the molecule is Cc1ccc(S(=O)(=O)Nc2c(C)nc(N3CCCC3)nc2C)cc1C. The molecule has 134 valence electrons. The smallest absolute Gasteiger partial charge is 0.262 e. The minimum atomic E-state index is -3.67. The van der Waals surface area contributed by atoms with Crippen LogP contribution in [0.1, 0.15) is 35.4 Å². The molecule has 0 saturated carbocycles. The van der Waals surface area contributed by atoms with Gasteiger partial charge in [-0.25, -0.2) is 18.4 Å². The van der Waals surface area contributed by atoms with Crippen molar-refractivity contribution in [3.8, 4) is 0 Å². The Bertz CT molecular complexity index is 880. The molecular weight excluding hydrogens is 336 g/mol. The lowest BCUT2D eigenvalue weighted by atomic mass is 10.1. The molecule has 7 heteroatoms. The number of hydrogen-bond donors (Lipinski definition) is 1. The molecule has 1 N–H and O–H groups in total. The number of rotatable bonds is 4. The van der Waals surface area contributed by atoms with Crippen LogP contribution in [0.3, 0.4) is 0 Å². The van der Waals surface area contributed by atoms with Crippen molar-refractivity contribution < 1.29 is 8.42 Å². The van der Waals surface area contributed by atoms with Gasteiger partial charge in [0.2, 0.25) is 5.95 Å². The van der Waals surface area contributed by atoms with Crippen LogP contribution in [0.4, 0.5) is 11.6 Å². The van der Waals surface area contributed by atoms with Crippen LogP contribution in [0.25, 0.3) is 0 Å². The number of aromatic nitrogens is 2. The predicted molar refractivity (Wildman–Crippen MR) is 99.7 cm³/mol. The summed E-state index contributed by atoms with van der Waals surface area (Å²) in [6.45, 7) is 9.38. The predicted octanol–water partition coefficient (Wildman–Crippen LogP) is 3.11. The van der Waals surface area contributed by atoms with Crippen LogP contribution in [-0.4, -0.2) is 31.5 Å². The molecule has 0 atom stereocenters. The maximum absolute atomic E-state index is 12.7. The Morgan fingerprint density at radius 3 is 2.12 bits per heavy atom. The van der Waals surface area contributed by atoms with E-state index in [4.69, 9.17) is 0 Å². The molecule has 1 saturated heterocycles. The van der Waals surface area contributed by atoms with E-state index in [0.29, 0.717) is 23.0 Å². The average Bonchev–Trinajstić information content (AvgIpc) is 3.07. The van der Waals surface area contributed by atoms with Gasteiger partial charge in [-0.15, -0.1) is 0 Å². The Kier molecular flexibility index (Phi) is 4.69. The van der Waals surface area contributed by atoms with E-state index in [2.05, 4.69) is 19.6 Å². The van der Waals surface area contributed by atoms with Gasteiger partial charge in [0.25, 0.3) is 10.0 Å². The second kappa shape index (κ2) is 6.63. The summed E-state index contributed by atoms with van der Waals surface area (Å²) in [6, 6.07) is 5.12. The number of anilines is 2. The summed E-state index contributed by atoms with van der Waals surface area (Å²) >= 11 is 0. The summed E-state index contributed by atoms with van der Waals surface area (Å²) in [6.07, 6.45) is 2.28. The summed E-state index contributed by atoms with van der Waals surface area (Å²) in [5.41, 5.74) is 3.74. The highest BCUT2D eigenvalue weighted by molar-refractivity contribution is 7.92. The van der Waals surface area contributed by atoms with E-state index in [0.717, 1.165) is 37.1 Å². The zero-order chi connectivity index (χ0) is 18.2. The van der Waals surface area contributed by atoms with Crippen molar-refractivity contribution in [1.29, 1.82) is 0 Å². The number of benzene rings is 1. The summed E-state index contributed by atoms with van der Waals surface area (Å²) in [4.78, 5) is 11.4. The molecule has 1 aliphatic rings. The second-order valence-corrected chi connectivity index (χ2v) is 8.30. The van der Waals surface area contributed by atoms with Crippen LogP contribution in [0.15, 0.2) is 23.1 Å². The van der Waals surface area contributed by atoms with Gasteiger partial charge in [0.05, 0.1) is 22.0 Å². The average molecular weight is 360 g/mol. The van der Waals surface area contributed by atoms with E-state index < -0.39 is 10.0 Å². The van der Waals surface area contributed by atoms with Gasteiger partial charge in [-0.2, -0.15) is 0 Å². The second-order valence-electron chi connectivity index (χ2n) is 6.62. The van der Waals surface area contributed by atoms with Crippen LogP contribution in [-0.2, 0) is 10.0 Å². The topological polar surface area (TPSA) is 75.2 Å². The van der Waals surface area contributed by atoms with E-state index in [1.54, 1.807) is 12.1 Å². The summed E-state index contributed by atoms with van der Waals surface area (Å²) in [5.74, 6) is 0.682. The van der Waals surface area contributed by atoms with E-state index in [1.165, 1.54) is 0 Å². The Morgan fingerprint density at radius 1 is 0.960 bits per heavy atom. The molecule has 1 fully saturated rings. The molecule has 0 amide bonds. The summed E-state index contributed by atoms with van der Waals surface area (Å²) < 4.78 is 28.1. The standard InChI is InChI=1S/C18H24N4O2S/c1-12-7-8-16(11-13(12)2)25(23,24)21-17-14(3)19-18(20-15(17)4)22-9-5-6-10-22/h7-8,11,21H,5-6,9-10H2,1-4H3. The van der Waals surface area contributed by atoms with Crippen LogP contribution in [0.5, 0.6) is 0 Å². The fourth-order valence-electron chi connectivity index (χ4n) is 2.98. The summed E-state index contributed by atoms with van der Waals surface area (Å²) in [7, 11) is -3.67. The van der Waals surface area contributed by atoms with Gasteiger partial charge in [0, 0.05) is 13.1 Å². The maximum Gasteiger partial charge on any atom is 0.262 e. The van der Waals surface area contributed by atoms with Gasteiger partial charge in [-0.05, 0) is 63.8 Å². The third-order valence-corrected chi connectivity index (χ3v) is 6.02. The number of nitrogens with one attached hydrogen (secondary N) is 1. The highest BCUT2D eigenvalue weighted by Crippen LogP contribution is 2.25. The van der Waals surface area contributed by atoms with Crippen LogP contribution in [0, 0.1) is 27.7 Å². The lowest BCUT2D eigenvalue weighted by Gasteiger charge is -2.19. The Morgan fingerprint density at radius 2 is 1.56 bits per heavy atom. The number of nitrogens with zero attached hydrogens (tertiary/aromatic N) is 3. The Labute approximate surface area is 149 Å². The van der Waals surface area contributed by atoms with Crippen molar-refractivity contribution in [3.63, 3.8) is 0 Å². The monoisotopic (exact) mass is 360 g/mol. The fraction of sp³-hybridized carbons (Fsp3) is 0.444. The molecule has 6 nitrogen and oxygen atoms in total. The molecule has 1 aromatic heterocycles. The molecule has 0 bridgehead atoms. The first-order valence-electron chi connectivity index (χ1n) is 8.48. The third kappa shape index (κ3) is 3.61. The summed E-state index contributed by atoms with van der Waals surface area (Å²) in [5, 5.41) is 0.